The van der Waals surface area contributed by atoms with Crippen LogP contribution in [0.3, 0.4) is 0 Å². The highest BCUT2D eigenvalue weighted by Gasteiger charge is 2.00. The molecule has 3 nitrogen and oxygen atoms in total. The van der Waals surface area contributed by atoms with Gasteiger partial charge in [-0.15, -0.1) is 0 Å². The van der Waals surface area contributed by atoms with E-state index in [-0.39, 0.29) is 0 Å². The monoisotopic (exact) mass is 214 g/mol. The average molecular weight is 214 g/mol. The Morgan fingerprint density at radius 3 is 2.50 bits per heavy atom. The van der Waals surface area contributed by atoms with Crippen molar-refractivity contribution in [3.63, 3.8) is 0 Å². The summed E-state index contributed by atoms with van der Waals surface area (Å²) in [5.41, 5.74) is 8.47. The fraction of sp³-hybridized carbons (Fsp3) is 0.154. The molecule has 0 amide bonds. The van der Waals surface area contributed by atoms with E-state index in [1.54, 1.807) is 6.20 Å². The molecular weight excluding hydrogens is 200 g/mol. The molecule has 82 valence electrons. The Morgan fingerprint density at radius 1 is 1.06 bits per heavy atom. The van der Waals surface area contributed by atoms with Gasteiger partial charge in [0, 0.05) is 23.6 Å². The Balaban J connectivity index is 2.24. The number of nitrogen functional groups attached to an aromatic ring is 1. The average Bonchev–Trinajstić information content (AvgIpc) is 2.24. The maximum Gasteiger partial charge on any atom is 0.130 e. The SMILES string of the molecule is Cc1cc(Oc2ccc(N)c(C)c2)ccn1. The molecule has 0 saturated heterocycles. The minimum Gasteiger partial charge on any atom is -0.457 e. The van der Waals surface area contributed by atoms with E-state index >= 15 is 0 Å². The second kappa shape index (κ2) is 4.23. The Bertz CT molecular complexity index is 509. The molecule has 2 aromatic rings. The maximum atomic E-state index is 5.74. The molecule has 0 atom stereocenters. The number of aromatic nitrogens is 1. The topological polar surface area (TPSA) is 48.1 Å². The first kappa shape index (κ1) is 10.5. The van der Waals surface area contributed by atoms with Crippen molar-refractivity contribution in [2.45, 2.75) is 13.8 Å². The Labute approximate surface area is 94.9 Å². The van der Waals surface area contributed by atoms with Crippen LogP contribution in [0.4, 0.5) is 5.69 Å². The van der Waals surface area contributed by atoms with E-state index in [9.17, 15) is 0 Å². The Morgan fingerprint density at radius 2 is 1.81 bits per heavy atom. The van der Waals surface area contributed by atoms with E-state index in [1.165, 1.54) is 0 Å². The molecule has 0 bridgehead atoms. The van der Waals surface area contributed by atoms with Crippen LogP contribution in [0.2, 0.25) is 0 Å². The molecule has 2 N–H and O–H groups in total. The normalized spacial score (nSPS) is 10.1. The summed E-state index contributed by atoms with van der Waals surface area (Å²) in [5.74, 6) is 1.58. The number of nitrogens with zero attached hydrogens (tertiary/aromatic N) is 1. The molecule has 0 fully saturated rings. The number of aryl methyl sites for hydroxylation is 2. The van der Waals surface area contributed by atoms with E-state index in [0.29, 0.717) is 0 Å². The molecule has 1 aromatic carbocycles. The van der Waals surface area contributed by atoms with Crippen LogP contribution in [0.5, 0.6) is 11.5 Å². The number of hydrogen-bond acceptors (Lipinski definition) is 3. The summed E-state index contributed by atoms with van der Waals surface area (Å²) in [5, 5.41) is 0. The smallest absolute Gasteiger partial charge is 0.130 e. The number of benzene rings is 1. The fourth-order valence-electron chi connectivity index (χ4n) is 1.43. The van der Waals surface area contributed by atoms with Gasteiger partial charge in [0.15, 0.2) is 0 Å². The molecule has 0 saturated carbocycles. The van der Waals surface area contributed by atoms with Crippen LogP contribution < -0.4 is 10.5 Å². The zero-order chi connectivity index (χ0) is 11.5. The lowest BCUT2D eigenvalue weighted by atomic mass is 10.2. The number of rotatable bonds is 2. The predicted molar refractivity (Wildman–Crippen MR) is 64.6 cm³/mol. The predicted octanol–water partition coefficient (Wildman–Crippen LogP) is 3.07. The van der Waals surface area contributed by atoms with Crippen molar-refractivity contribution in [3.05, 3.63) is 47.8 Å². The minimum absolute atomic E-state index is 0.776. The zero-order valence-corrected chi connectivity index (χ0v) is 9.40. The summed E-state index contributed by atoms with van der Waals surface area (Å²) in [6.45, 7) is 3.89. The lowest BCUT2D eigenvalue weighted by molar-refractivity contribution is 0.481. The second-order valence-corrected chi connectivity index (χ2v) is 3.75. The van der Waals surface area contributed by atoms with Crippen molar-refractivity contribution in [2.24, 2.45) is 0 Å². The van der Waals surface area contributed by atoms with Gasteiger partial charge in [0.1, 0.15) is 11.5 Å². The Kier molecular flexibility index (Phi) is 2.77. The van der Waals surface area contributed by atoms with Crippen LogP contribution in [0.1, 0.15) is 11.3 Å². The van der Waals surface area contributed by atoms with Gasteiger partial charge in [-0.1, -0.05) is 0 Å². The summed E-state index contributed by atoms with van der Waals surface area (Å²) in [4.78, 5) is 4.11. The number of anilines is 1. The summed E-state index contributed by atoms with van der Waals surface area (Å²) in [7, 11) is 0. The Hall–Kier alpha value is -2.03. The third-order valence-corrected chi connectivity index (χ3v) is 2.35. The quantitative estimate of drug-likeness (QED) is 0.781. The standard InChI is InChI=1S/C13H14N2O/c1-9-7-11(3-4-13(9)14)16-12-5-6-15-10(2)8-12/h3-8H,14H2,1-2H3. The molecule has 0 spiro atoms. The van der Waals surface area contributed by atoms with Gasteiger partial charge >= 0.3 is 0 Å². The molecule has 1 aromatic heterocycles. The highest BCUT2D eigenvalue weighted by molar-refractivity contribution is 5.50. The van der Waals surface area contributed by atoms with Gasteiger partial charge in [-0.05, 0) is 43.7 Å². The fourth-order valence-corrected chi connectivity index (χ4v) is 1.43. The van der Waals surface area contributed by atoms with Gasteiger partial charge in [0.2, 0.25) is 0 Å². The number of ether oxygens (including phenoxy) is 1. The van der Waals surface area contributed by atoms with Gasteiger partial charge in [-0.2, -0.15) is 0 Å². The van der Waals surface area contributed by atoms with Crippen molar-refractivity contribution in [1.82, 2.24) is 4.98 Å². The van der Waals surface area contributed by atoms with E-state index in [2.05, 4.69) is 4.98 Å². The molecular formula is C13H14N2O. The van der Waals surface area contributed by atoms with Gasteiger partial charge in [0.25, 0.3) is 0 Å². The van der Waals surface area contributed by atoms with E-state index in [1.807, 2.05) is 44.2 Å². The van der Waals surface area contributed by atoms with Crippen LogP contribution in [0.15, 0.2) is 36.5 Å². The molecule has 0 radical (unpaired) electrons. The third kappa shape index (κ3) is 2.31. The van der Waals surface area contributed by atoms with Crippen LogP contribution in [0.25, 0.3) is 0 Å². The lowest BCUT2D eigenvalue weighted by Gasteiger charge is -2.07. The van der Waals surface area contributed by atoms with E-state index in [4.69, 9.17) is 10.5 Å². The van der Waals surface area contributed by atoms with E-state index < -0.39 is 0 Å². The van der Waals surface area contributed by atoms with Crippen LogP contribution in [-0.4, -0.2) is 4.98 Å². The van der Waals surface area contributed by atoms with Gasteiger partial charge in [-0.3, -0.25) is 4.98 Å². The zero-order valence-electron chi connectivity index (χ0n) is 9.40. The third-order valence-electron chi connectivity index (χ3n) is 2.35. The van der Waals surface area contributed by atoms with E-state index in [0.717, 1.165) is 28.4 Å². The molecule has 0 unspecified atom stereocenters. The van der Waals surface area contributed by atoms with Crippen molar-refractivity contribution >= 4 is 5.69 Å². The highest BCUT2D eigenvalue weighted by Crippen LogP contribution is 2.24. The van der Waals surface area contributed by atoms with Crippen LogP contribution >= 0.6 is 0 Å². The molecule has 0 aliphatic rings. The van der Waals surface area contributed by atoms with Crippen LogP contribution in [-0.2, 0) is 0 Å². The van der Waals surface area contributed by atoms with Gasteiger partial charge in [0.05, 0.1) is 0 Å². The van der Waals surface area contributed by atoms with Crippen molar-refractivity contribution in [1.29, 1.82) is 0 Å². The highest BCUT2D eigenvalue weighted by atomic mass is 16.5. The van der Waals surface area contributed by atoms with Crippen LogP contribution in [0, 0.1) is 13.8 Å². The first-order chi connectivity index (χ1) is 7.65. The molecule has 1 heterocycles. The number of pyridine rings is 1. The second-order valence-electron chi connectivity index (χ2n) is 3.75. The number of nitrogens with two attached hydrogens (primary N) is 1. The maximum absolute atomic E-state index is 5.74. The summed E-state index contributed by atoms with van der Waals surface area (Å²) in [6.07, 6.45) is 1.73. The van der Waals surface area contributed by atoms with Gasteiger partial charge < -0.3 is 10.5 Å². The van der Waals surface area contributed by atoms with Crippen molar-refractivity contribution < 1.29 is 4.74 Å². The molecule has 0 aliphatic heterocycles. The summed E-state index contributed by atoms with van der Waals surface area (Å²) < 4.78 is 5.70. The molecule has 3 heteroatoms. The lowest BCUT2D eigenvalue weighted by Crippen LogP contribution is -1.91. The largest absolute Gasteiger partial charge is 0.457 e. The minimum atomic E-state index is 0.776. The molecule has 16 heavy (non-hydrogen) atoms. The molecule has 0 aliphatic carbocycles. The molecule has 2 rings (SSSR count). The number of hydrogen-bond donors (Lipinski definition) is 1. The van der Waals surface area contributed by atoms with Gasteiger partial charge in [-0.25, -0.2) is 0 Å². The van der Waals surface area contributed by atoms with Crippen molar-refractivity contribution in [2.75, 3.05) is 5.73 Å². The van der Waals surface area contributed by atoms with Crippen molar-refractivity contribution in [3.8, 4) is 11.5 Å². The first-order valence-electron chi connectivity index (χ1n) is 5.12. The summed E-state index contributed by atoms with van der Waals surface area (Å²) in [6, 6.07) is 9.35. The first-order valence-corrected chi connectivity index (χ1v) is 5.12. The summed E-state index contributed by atoms with van der Waals surface area (Å²) >= 11 is 0.